The molecule has 142 valence electrons. The largest absolute Gasteiger partial charge is 0.441 e. The van der Waals surface area contributed by atoms with Crippen LogP contribution in [0.4, 0.5) is 5.69 Å². The van der Waals surface area contributed by atoms with Crippen molar-refractivity contribution in [2.24, 2.45) is 0 Å². The molecule has 4 rings (SSSR count). The molecule has 1 saturated carbocycles. The average molecular weight is 398 g/mol. The molecule has 3 aromatic heterocycles. The zero-order valence-electron chi connectivity index (χ0n) is 14.7. The van der Waals surface area contributed by atoms with E-state index in [1.165, 1.54) is 18.7 Å². The zero-order valence-corrected chi connectivity index (χ0v) is 15.4. The third-order valence-corrected chi connectivity index (χ3v) is 4.91. The third-order valence-electron chi connectivity index (χ3n) is 4.69. The first-order valence-electron chi connectivity index (χ1n) is 8.67. The van der Waals surface area contributed by atoms with E-state index in [1.807, 2.05) is 0 Å². The van der Waals surface area contributed by atoms with Gasteiger partial charge in [-0.05, 0) is 43.5 Å². The van der Waals surface area contributed by atoms with Gasteiger partial charge in [-0.1, -0.05) is 11.6 Å². The molecule has 1 fully saturated rings. The van der Waals surface area contributed by atoms with Crippen molar-refractivity contribution >= 4 is 29.1 Å². The van der Waals surface area contributed by atoms with E-state index in [-0.39, 0.29) is 11.8 Å². The lowest BCUT2D eigenvalue weighted by atomic mass is 9.74. The number of amides is 2. The zero-order chi connectivity index (χ0) is 19.6. The first-order chi connectivity index (χ1) is 13.6. The molecule has 0 unspecified atom stereocenters. The minimum absolute atomic E-state index is 0.0247. The number of anilines is 1. The predicted octanol–water partition coefficient (Wildman–Crippen LogP) is 3.18. The van der Waals surface area contributed by atoms with Crippen LogP contribution in [0.3, 0.4) is 0 Å². The number of aromatic nitrogens is 3. The minimum atomic E-state index is -0.526. The Morgan fingerprint density at radius 1 is 1.04 bits per heavy atom. The Balaban J connectivity index is 1.47. The Morgan fingerprint density at radius 2 is 1.89 bits per heavy atom. The fourth-order valence-corrected chi connectivity index (χ4v) is 3.16. The molecular weight excluding hydrogens is 382 g/mol. The Hall–Kier alpha value is -3.26. The van der Waals surface area contributed by atoms with Crippen molar-refractivity contribution in [1.82, 2.24) is 20.3 Å². The monoisotopic (exact) mass is 397 g/mol. The summed E-state index contributed by atoms with van der Waals surface area (Å²) in [5.74, 6) is -0.711. The number of oxazole rings is 1. The third kappa shape index (κ3) is 3.59. The molecular formula is C19H16ClN5O3. The van der Waals surface area contributed by atoms with Crippen molar-refractivity contribution in [2.45, 2.75) is 24.8 Å². The molecule has 0 radical (unpaired) electrons. The van der Waals surface area contributed by atoms with Crippen LogP contribution in [0.1, 0.15) is 46.0 Å². The van der Waals surface area contributed by atoms with Crippen LogP contribution in [-0.2, 0) is 5.54 Å². The smallest absolute Gasteiger partial charge is 0.311 e. The van der Waals surface area contributed by atoms with Crippen molar-refractivity contribution < 1.29 is 14.0 Å². The van der Waals surface area contributed by atoms with Crippen molar-refractivity contribution in [3.63, 3.8) is 0 Å². The molecule has 3 heterocycles. The SMILES string of the molecule is O=C(NC1(c2ccc(NC(=O)c3ncco3)cn2)CCC1)c1ccc(Cl)nc1. The van der Waals surface area contributed by atoms with Crippen LogP contribution in [0.5, 0.6) is 0 Å². The van der Waals surface area contributed by atoms with Gasteiger partial charge in [0.1, 0.15) is 11.4 Å². The lowest BCUT2D eigenvalue weighted by molar-refractivity contribution is 0.0816. The summed E-state index contributed by atoms with van der Waals surface area (Å²) < 4.78 is 4.96. The summed E-state index contributed by atoms with van der Waals surface area (Å²) in [4.78, 5) is 36.8. The van der Waals surface area contributed by atoms with Gasteiger partial charge in [0.15, 0.2) is 0 Å². The van der Waals surface area contributed by atoms with Gasteiger partial charge in [-0.25, -0.2) is 9.97 Å². The van der Waals surface area contributed by atoms with E-state index in [2.05, 4.69) is 25.6 Å². The number of carbonyl (C=O) groups is 2. The van der Waals surface area contributed by atoms with Crippen LogP contribution < -0.4 is 10.6 Å². The maximum atomic E-state index is 12.6. The summed E-state index contributed by atoms with van der Waals surface area (Å²) in [6.45, 7) is 0. The van der Waals surface area contributed by atoms with Crippen LogP contribution in [-0.4, -0.2) is 26.8 Å². The standard InChI is InChI=1S/C19H16ClN5O3/c20-15-5-2-12(10-23-15)16(26)25-19(6-1-7-19)14-4-3-13(11-22-14)24-17(27)18-21-8-9-28-18/h2-5,8-11H,1,6-7H2,(H,24,27)(H,25,26). The van der Waals surface area contributed by atoms with Gasteiger partial charge in [0.05, 0.1) is 34.9 Å². The summed E-state index contributed by atoms with van der Waals surface area (Å²) in [5, 5.41) is 6.07. The highest BCUT2D eigenvalue weighted by atomic mass is 35.5. The molecule has 0 aliphatic heterocycles. The summed E-state index contributed by atoms with van der Waals surface area (Å²) >= 11 is 5.77. The van der Waals surface area contributed by atoms with Gasteiger partial charge in [-0.15, -0.1) is 0 Å². The van der Waals surface area contributed by atoms with Crippen LogP contribution in [0.2, 0.25) is 5.15 Å². The van der Waals surface area contributed by atoms with Crippen LogP contribution in [0.25, 0.3) is 0 Å². The minimum Gasteiger partial charge on any atom is -0.441 e. The summed E-state index contributed by atoms with van der Waals surface area (Å²) in [6.07, 6.45) is 8.28. The molecule has 1 aliphatic carbocycles. The fraction of sp³-hybridized carbons (Fsp3) is 0.211. The Bertz CT molecular complexity index is 983. The summed E-state index contributed by atoms with van der Waals surface area (Å²) in [7, 11) is 0. The number of halogens is 1. The van der Waals surface area contributed by atoms with E-state index in [4.69, 9.17) is 16.0 Å². The Labute approximate surface area is 165 Å². The quantitative estimate of drug-likeness (QED) is 0.640. The van der Waals surface area contributed by atoms with E-state index in [9.17, 15) is 9.59 Å². The maximum Gasteiger partial charge on any atom is 0.311 e. The lowest BCUT2D eigenvalue weighted by Gasteiger charge is -2.42. The second-order valence-corrected chi connectivity index (χ2v) is 6.87. The maximum absolute atomic E-state index is 12.6. The number of rotatable bonds is 5. The number of hydrogen-bond donors (Lipinski definition) is 2. The van der Waals surface area contributed by atoms with Gasteiger partial charge < -0.3 is 15.1 Å². The number of pyridine rings is 2. The first-order valence-corrected chi connectivity index (χ1v) is 9.05. The fourth-order valence-electron chi connectivity index (χ4n) is 3.05. The van der Waals surface area contributed by atoms with Crippen molar-refractivity contribution in [3.8, 4) is 0 Å². The van der Waals surface area contributed by atoms with Crippen LogP contribution >= 0.6 is 11.6 Å². The molecule has 0 saturated heterocycles. The van der Waals surface area contributed by atoms with E-state index in [0.717, 1.165) is 25.0 Å². The topological polar surface area (TPSA) is 110 Å². The van der Waals surface area contributed by atoms with Crippen molar-refractivity contribution in [3.05, 3.63) is 71.4 Å². The van der Waals surface area contributed by atoms with Gasteiger partial charge >= 0.3 is 5.91 Å². The van der Waals surface area contributed by atoms with E-state index in [1.54, 1.807) is 30.5 Å². The van der Waals surface area contributed by atoms with E-state index in [0.29, 0.717) is 16.4 Å². The van der Waals surface area contributed by atoms with Gasteiger partial charge in [-0.3, -0.25) is 14.6 Å². The molecule has 0 atom stereocenters. The normalized spacial score (nSPS) is 14.8. The molecule has 0 aromatic carbocycles. The Morgan fingerprint density at radius 3 is 2.46 bits per heavy atom. The molecule has 8 nitrogen and oxygen atoms in total. The highest BCUT2D eigenvalue weighted by molar-refractivity contribution is 6.29. The second-order valence-electron chi connectivity index (χ2n) is 6.48. The van der Waals surface area contributed by atoms with Crippen molar-refractivity contribution in [1.29, 1.82) is 0 Å². The molecule has 2 amide bonds. The predicted molar refractivity (Wildman–Crippen MR) is 101 cm³/mol. The van der Waals surface area contributed by atoms with E-state index < -0.39 is 11.4 Å². The van der Waals surface area contributed by atoms with Gasteiger partial charge in [-0.2, -0.15) is 0 Å². The number of nitrogens with zero attached hydrogens (tertiary/aromatic N) is 3. The molecule has 0 spiro atoms. The number of carbonyl (C=O) groups excluding carboxylic acids is 2. The highest BCUT2D eigenvalue weighted by Gasteiger charge is 2.41. The summed E-state index contributed by atoms with van der Waals surface area (Å²) in [5.41, 5.74) is 1.16. The average Bonchev–Trinajstić information content (AvgIpc) is 3.21. The van der Waals surface area contributed by atoms with E-state index >= 15 is 0 Å². The molecule has 1 aliphatic rings. The molecule has 0 bridgehead atoms. The molecule has 2 N–H and O–H groups in total. The number of nitrogens with one attached hydrogen (secondary N) is 2. The summed E-state index contributed by atoms with van der Waals surface area (Å²) in [6, 6.07) is 6.74. The van der Waals surface area contributed by atoms with Gasteiger partial charge in [0, 0.05) is 6.20 Å². The lowest BCUT2D eigenvalue weighted by Crippen LogP contribution is -2.51. The first kappa shape index (κ1) is 18.1. The molecule has 9 heteroatoms. The van der Waals surface area contributed by atoms with Gasteiger partial charge in [0.25, 0.3) is 11.8 Å². The molecule has 28 heavy (non-hydrogen) atoms. The number of hydrogen-bond acceptors (Lipinski definition) is 6. The van der Waals surface area contributed by atoms with Crippen LogP contribution in [0, 0.1) is 0 Å². The van der Waals surface area contributed by atoms with Crippen molar-refractivity contribution in [2.75, 3.05) is 5.32 Å². The highest BCUT2D eigenvalue weighted by Crippen LogP contribution is 2.40. The molecule has 3 aromatic rings. The van der Waals surface area contributed by atoms with Crippen LogP contribution in [0.15, 0.2) is 53.5 Å². The van der Waals surface area contributed by atoms with Gasteiger partial charge in [0.2, 0.25) is 0 Å². The second kappa shape index (κ2) is 7.40. The Kier molecular flexibility index (Phi) is 4.79.